The van der Waals surface area contributed by atoms with Crippen LogP contribution in [0.5, 0.6) is 5.75 Å². The Labute approximate surface area is 257 Å². The first kappa shape index (κ1) is 32.7. The molecule has 4 rings (SSSR count). The number of rotatable bonds is 10. The molecule has 4 aromatic rings. The molecular formula is C33H43FN2O5SSi. The zero-order chi connectivity index (χ0) is 31.9. The van der Waals surface area contributed by atoms with E-state index in [2.05, 4.69) is 19.6 Å². The van der Waals surface area contributed by atoms with Crippen molar-refractivity contribution < 1.29 is 23.8 Å². The largest absolute Gasteiger partial charge is 0.496 e. The number of amides is 1. The van der Waals surface area contributed by atoms with Crippen LogP contribution in [-0.2, 0) is 11.5 Å². The molecule has 1 N–H and O–H groups in total. The Kier molecular flexibility index (Phi) is 9.44. The highest BCUT2D eigenvalue weighted by Crippen LogP contribution is 2.43. The lowest BCUT2D eigenvalue weighted by atomic mass is 9.92. The van der Waals surface area contributed by atoms with E-state index in [1.165, 1.54) is 11.0 Å². The van der Waals surface area contributed by atoms with Gasteiger partial charge in [0.1, 0.15) is 17.2 Å². The molecule has 7 nitrogen and oxygen atoms in total. The van der Waals surface area contributed by atoms with E-state index in [4.69, 9.17) is 9.47 Å². The second-order valence-corrected chi connectivity index (χ2v) is 20.1. The monoisotopic (exact) mass is 626 g/mol. The van der Waals surface area contributed by atoms with Gasteiger partial charge in [-0.15, -0.1) is 11.3 Å². The SMILES string of the molecule is COc1cc(C)c2c(c1-c1ccc(C(C)CN(C(=O)O)C(C)(C)C)cc1)c1cc(F)sc1c(=O)n2COCC[Si](C)(C)C. The van der Waals surface area contributed by atoms with Gasteiger partial charge in [-0.1, -0.05) is 50.8 Å². The topological polar surface area (TPSA) is 81.0 Å². The number of pyridine rings is 1. The zero-order valence-electron chi connectivity index (χ0n) is 26.6. The molecule has 0 aliphatic rings. The average Bonchev–Trinajstić information content (AvgIpc) is 3.31. The fourth-order valence-electron chi connectivity index (χ4n) is 5.42. The number of carbonyl (C=O) groups is 1. The predicted molar refractivity (Wildman–Crippen MR) is 177 cm³/mol. The van der Waals surface area contributed by atoms with E-state index in [0.29, 0.717) is 34.5 Å². The second-order valence-electron chi connectivity index (χ2n) is 13.5. The van der Waals surface area contributed by atoms with E-state index in [1.54, 1.807) is 11.7 Å². The molecule has 2 aromatic carbocycles. The van der Waals surface area contributed by atoms with Crippen LogP contribution in [0.15, 0.2) is 41.2 Å². The zero-order valence-corrected chi connectivity index (χ0v) is 28.4. The first-order valence-electron chi connectivity index (χ1n) is 14.5. The summed E-state index contributed by atoms with van der Waals surface area (Å²) in [5.41, 5.74) is 3.34. The van der Waals surface area contributed by atoms with Gasteiger partial charge in [0.05, 0.1) is 12.6 Å². The van der Waals surface area contributed by atoms with Crippen molar-refractivity contribution in [3.05, 3.63) is 63.0 Å². The number of halogens is 1. The first-order chi connectivity index (χ1) is 20.0. The van der Waals surface area contributed by atoms with Crippen molar-refractivity contribution in [3.63, 3.8) is 0 Å². The Balaban J connectivity index is 1.86. The van der Waals surface area contributed by atoms with Crippen molar-refractivity contribution in [1.29, 1.82) is 0 Å². The first-order valence-corrected chi connectivity index (χ1v) is 19.1. The molecule has 232 valence electrons. The van der Waals surface area contributed by atoms with Gasteiger partial charge in [0.2, 0.25) is 0 Å². The van der Waals surface area contributed by atoms with Gasteiger partial charge in [0, 0.05) is 43.1 Å². The molecule has 1 unspecified atom stereocenters. The summed E-state index contributed by atoms with van der Waals surface area (Å²) in [4.78, 5) is 27.1. The third kappa shape index (κ3) is 6.97. The van der Waals surface area contributed by atoms with Gasteiger partial charge >= 0.3 is 6.09 Å². The maximum Gasteiger partial charge on any atom is 0.407 e. The van der Waals surface area contributed by atoms with Crippen molar-refractivity contribution in [2.75, 3.05) is 20.3 Å². The molecule has 2 heterocycles. The Hall–Kier alpha value is -3.21. The number of ether oxygens (including phenoxy) is 2. The molecule has 0 aliphatic heterocycles. The number of hydrogen-bond acceptors (Lipinski definition) is 5. The van der Waals surface area contributed by atoms with Gasteiger partial charge in [0.25, 0.3) is 5.56 Å². The summed E-state index contributed by atoms with van der Waals surface area (Å²) >= 11 is 0.849. The lowest BCUT2D eigenvalue weighted by Crippen LogP contribution is -2.46. The molecule has 0 radical (unpaired) electrons. The summed E-state index contributed by atoms with van der Waals surface area (Å²) in [6, 6.07) is 12.3. The molecule has 43 heavy (non-hydrogen) atoms. The Morgan fingerprint density at radius 2 is 1.81 bits per heavy atom. The molecule has 0 spiro atoms. The fourth-order valence-corrected chi connectivity index (χ4v) is 7.01. The van der Waals surface area contributed by atoms with Gasteiger partial charge in [-0.3, -0.25) is 9.36 Å². The molecular weight excluding hydrogens is 584 g/mol. The summed E-state index contributed by atoms with van der Waals surface area (Å²) in [6.45, 7) is 17.4. The lowest BCUT2D eigenvalue weighted by Gasteiger charge is -2.35. The molecule has 2 aromatic heterocycles. The number of hydrogen-bond donors (Lipinski definition) is 1. The summed E-state index contributed by atoms with van der Waals surface area (Å²) in [7, 11) is 0.281. The Bertz CT molecular complexity index is 1700. The Morgan fingerprint density at radius 3 is 2.37 bits per heavy atom. The van der Waals surface area contributed by atoms with E-state index < -0.39 is 24.8 Å². The minimum absolute atomic E-state index is 0.0443. The van der Waals surface area contributed by atoms with Gasteiger partial charge in [0.15, 0.2) is 5.13 Å². The number of aromatic nitrogens is 1. The highest BCUT2D eigenvalue weighted by atomic mass is 32.1. The number of nitrogens with zero attached hydrogens (tertiary/aromatic N) is 2. The van der Waals surface area contributed by atoms with Gasteiger partial charge in [-0.25, -0.2) is 4.79 Å². The van der Waals surface area contributed by atoms with Crippen LogP contribution in [0.3, 0.4) is 0 Å². The molecule has 0 aliphatic carbocycles. The highest BCUT2D eigenvalue weighted by Gasteiger charge is 2.28. The van der Waals surface area contributed by atoms with Gasteiger partial charge in [-0.2, -0.15) is 4.39 Å². The quantitative estimate of drug-likeness (QED) is 0.141. The minimum atomic E-state index is -1.32. The number of thiophene rings is 1. The summed E-state index contributed by atoms with van der Waals surface area (Å²) in [6.07, 6.45) is -0.950. The van der Waals surface area contributed by atoms with Crippen LogP contribution in [0.1, 0.15) is 44.7 Å². The maximum absolute atomic E-state index is 14.8. The number of carboxylic acid groups (broad SMARTS) is 1. The van der Waals surface area contributed by atoms with Crippen molar-refractivity contribution in [2.45, 2.75) is 78.5 Å². The van der Waals surface area contributed by atoms with E-state index in [0.717, 1.165) is 45.0 Å². The van der Waals surface area contributed by atoms with Gasteiger partial charge < -0.3 is 19.5 Å². The summed E-state index contributed by atoms with van der Waals surface area (Å²) in [5, 5.41) is 10.6. The van der Waals surface area contributed by atoms with Crippen LogP contribution < -0.4 is 10.3 Å². The number of fused-ring (bicyclic) bond motifs is 3. The molecule has 1 amide bonds. The van der Waals surface area contributed by atoms with Crippen LogP contribution >= 0.6 is 11.3 Å². The van der Waals surface area contributed by atoms with E-state index in [-0.39, 0.29) is 18.2 Å². The van der Waals surface area contributed by atoms with Crippen molar-refractivity contribution >= 4 is 46.5 Å². The second kappa shape index (κ2) is 12.4. The third-order valence-corrected chi connectivity index (χ3v) is 10.5. The summed E-state index contributed by atoms with van der Waals surface area (Å²) in [5.74, 6) is 0.575. The summed E-state index contributed by atoms with van der Waals surface area (Å²) < 4.78 is 28.6. The van der Waals surface area contributed by atoms with E-state index in [1.807, 2.05) is 65.0 Å². The average molecular weight is 627 g/mol. The number of methoxy groups -OCH3 is 1. The third-order valence-electron chi connectivity index (χ3n) is 7.84. The maximum atomic E-state index is 14.8. The van der Waals surface area contributed by atoms with Gasteiger partial charge in [-0.05, 0) is 68.5 Å². The number of aryl methyl sites for hydroxylation is 1. The molecule has 0 saturated heterocycles. The fraction of sp³-hybridized carbons (Fsp3) is 0.455. The lowest BCUT2D eigenvalue weighted by molar-refractivity contribution is 0.0881. The highest BCUT2D eigenvalue weighted by molar-refractivity contribution is 7.17. The van der Waals surface area contributed by atoms with Crippen molar-refractivity contribution in [3.8, 4) is 16.9 Å². The Morgan fingerprint density at radius 1 is 1.16 bits per heavy atom. The van der Waals surface area contributed by atoms with Crippen LogP contribution in [0, 0.1) is 12.1 Å². The molecule has 10 heteroatoms. The molecule has 1 atom stereocenters. The molecule has 0 saturated carbocycles. The molecule has 0 bridgehead atoms. The van der Waals surface area contributed by atoms with Crippen LogP contribution in [0.4, 0.5) is 9.18 Å². The van der Waals surface area contributed by atoms with Crippen molar-refractivity contribution in [2.24, 2.45) is 0 Å². The predicted octanol–water partition coefficient (Wildman–Crippen LogP) is 8.53. The van der Waals surface area contributed by atoms with Crippen LogP contribution in [-0.4, -0.2) is 54.5 Å². The smallest absolute Gasteiger partial charge is 0.407 e. The standard InChI is InChI=1S/C33H43FN2O5SSi/c1-20-16-25(40-6)27(23-12-10-22(11-13-23)21(2)18-36(32(38)39)33(3,4)5)28-24-17-26(34)42-30(24)31(37)35(29(20)28)19-41-14-15-43(7,8)9/h10-13,16-17,21H,14-15,18-19H2,1-9H3,(H,38,39). The van der Waals surface area contributed by atoms with E-state index >= 15 is 0 Å². The van der Waals surface area contributed by atoms with Crippen molar-refractivity contribution in [1.82, 2.24) is 9.47 Å². The normalized spacial score (nSPS) is 13.1. The van der Waals surface area contributed by atoms with Crippen LogP contribution in [0.25, 0.3) is 32.1 Å². The van der Waals surface area contributed by atoms with E-state index in [9.17, 15) is 19.1 Å². The number of benzene rings is 2. The minimum Gasteiger partial charge on any atom is -0.496 e. The van der Waals surface area contributed by atoms with Crippen LogP contribution in [0.2, 0.25) is 25.7 Å². The molecule has 0 fully saturated rings.